The summed E-state index contributed by atoms with van der Waals surface area (Å²) in [5.41, 5.74) is 0.469. The molecule has 0 amide bonds. The van der Waals surface area contributed by atoms with Crippen molar-refractivity contribution in [1.29, 1.82) is 0 Å². The lowest BCUT2D eigenvalue weighted by Gasteiger charge is -2.31. The van der Waals surface area contributed by atoms with Crippen LogP contribution in [0.4, 0.5) is 5.69 Å². The Morgan fingerprint density at radius 3 is 2.21 bits per heavy atom. The number of rotatable bonds is 9. The van der Waals surface area contributed by atoms with Crippen molar-refractivity contribution in [2.24, 2.45) is 5.92 Å². The predicted octanol–water partition coefficient (Wildman–Crippen LogP) is 3.98. The number of carbonyl (C=O) groups excluding carboxylic acids is 2. The zero-order valence-electron chi connectivity index (χ0n) is 16.5. The van der Waals surface area contributed by atoms with Crippen LogP contribution < -0.4 is 0 Å². The molecule has 2 atom stereocenters. The molecule has 0 unspecified atom stereocenters. The van der Waals surface area contributed by atoms with Gasteiger partial charge < -0.3 is 13.8 Å². The highest BCUT2D eigenvalue weighted by Gasteiger charge is 2.47. The number of hydrogen-bond donors (Lipinski definition) is 0. The lowest BCUT2D eigenvalue weighted by Crippen LogP contribution is -2.35. The van der Waals surface area contributed by atoms with Crippen molar-refractivity contribution >= 4 is 25.0 Å². The number of allylic oxidation sites excluding steroid dienone is 2. The van der Waals surface area contributed by atoms with Gasteiger partial charge in [-0.1, -0.05) is 18.2 Å². The molecule has 0 spiro atoms. The molecular formula is C19H24NO8P. The molecule has 0 heterocycles. The summed E-state index contributed by atoms with van der Waals surface area (Å²) in [6.07, 6.45) is 1.67. The second-order valence-corrected chi connectivity index (χ2v) is 8.20. The van der Waals surface area contributed by atoms with Crippen LogP contribution in [-0.4, -0.2) is 36.5 Å². The maximum Gasteiger partial charge on any atom is 0.364 e. The van der Waals surface area contributed by atoms with Crippen LogP contribution in [0.1, 0.15) is 38.7 Å². The fourth-order valence-electron chi connectivity index (χ4n) is 3.26. The van der Waals surface area contributed by atoms with Gasteiger partial charge in [0.1, 0.15) is 11.2 Å². The van der Waals surface area contributed by atoms with Crippen LogP contribution in [0.5, 0.6) is 0 Å². The van der Waals surface area contributed by atoms with Gasteiger partial charge >= 0.3 is 13.6 Å². The van der Waals surface area contributed by atoms with E-state index in [1.54, 1.807) is 20.8 Å². The van der Waals surface area contributed by atoms with Crippen molar-refractivity contribution in [2.75, 3.05) is 19.8 Å². The first-order valence-corrected chi connectivity index (χ1v) is 10.9. The average molecular weight is 425 g/mol. The summed E-state index contributed by atoms with van der Waals surface area (Å²) in [6.45, 7) is 5.08. The number of benzene rings is 1. The number of nitro groups is 1. The monoisotopic (exact) mass is 425 g/mol. The number of non-ortho nitro benzene ring substituents is 1. The minimum atomic E-state index is -3.87. The number of Topliss-reactive ketones (excluding diaryl/α,β-unsaturated/α-hetero) is 1. The van der Waals surface area contributed by atoms with Crippen molar-refractivity contribution < 1.29 is 32.9 Å². The zero-order chi connectivity index (χ0) is 21.6. The van der Waals surface area contributed by atoms with Crippen molar-refractivity contribution in [3.05, 3.63) is 51.3 Å². The number of nitro benzene ring substituents is 1. The van der Waals surface area contributed by atoms with Gasteiger partial charge in [-0.15, -0.1) is 0 Å². The maximum atomic E-state index is 13.2. The summed E-state index contributed by atoms with van der Waals surface area (Å²) in [7, 11) is -3.87. The Labute approximate surface area is 168 Å². The fourth-order valence-corrected chi connectivity index (χ4v) is 5.03. The SMILES string of the molecule is CCOC(=O)[C@@H]1C(=O)C(P(=O)(OCC)OCC)=CC[C@H]1c1ccc([N+](=O)[O-])cc1. The average Bonchev–Trinajstić information content (AvgIpc) is 2.68. The lowest BCUT2D eigenvalue weighted by molar-refractivity contribution is -0.384. The van der Waals surface area contributed by atoms with Gasteiger partial charge in [-0.25, -0.2) is 0 Å². The molecule has 29 heavy (non-hydrogen) atoms. The Bertz CT molecular complexity index is 838. The van der Waals surface area contributed by atoms with Gasteiger partial charge in [0.15, 0.2) is 5.78 Å². The standard InChI is InChI=1S/C19H24NO8P/c1-4-26-19(22)17-15(13-7-9-14(10-8-13)20(23)24)11-12-16(18(17)21)29(25,27-5-2)28-6-3/h7-10,12,15,17H,4-6,11H2,1-3H3/t15-,17-/m0/s1. The van der Waals surface area contributed by atoms with Gasteiger partial charge in [0.2, 0.25) is 0 Å². The second-order valence-electron chi connectivity index (χ2n) is 6.21. The predicted molar refractivity (Wildman–Crippen MR) is 105 cm³/mol. The third-order valence-electron chi connectivity index (χ3n) is 4.47. The second kappa shape index (κ2) is 9.91. The highest BCUT2D eigenvalue weighted by molar-refractivity contribution is 7.60. The summed E-state index contributed by atoms with van der Waals surface area (Å²) in [4.78, 5) is 36.1. The summed E-state index contributed by atoms with van der Waals surface area (Å²) in [5.74, 6) is -3.28. The fraction of sp³-hybridized carbons (Fsp3) is 0.474. The van der Waals surface area contributed by atoms with E-state index in [0.717, 1.165) is 0 Å². The smallest absolute Gasteiger partial charge is 0.364 e. The molecule has 0 aromatic heterocycles. The molecule has 1 aliphatic carbocycles. The summed E-state index contributed by atoms with van der Waals surface area (Å²) < 4.78 is 28.7. The van der Waals surface area contributed by atoms with Crippen LogP contribution in [0.3, 0.4) is 0 Å². The third kappa shape index (κ3) is 4.98. The molecule has 2 rings (SSSR count). The number of ketones is 1. The molecule has 0 aliphatic heterocycles. The van der Waals surface area contributed by atoms with E-state index >= 15 is 0 Å². The molecule has 0 fully saturated rings. The number of esters is 1. The molecule has 10 heteroatoms. The Kier molecular flexibility index (Phi) is 7.84. The van der Waals surface area contributed by atoms with Gasteiger partial charge in [-0.3, -0.25) is 24.3 Å². The molecule has 0 saturated heterocycles. The molecular weight excluding hydrogens is 401 g/mol. The molecule has 1 aromatic carbocycles. The first-order valence-electron chi connectivity index (χ1n) is 9.34. The summed E-state index contributed by atoms with van der Waals surface area (Å²) in [6, 6.07) is 5.64. The molecule has 1 aliphatic rings. The highest BCUT2D eigenvalue weighted by atomic mass is 31.2. The zero-order valence-corrected chi connectivity index (χ0v) is 17.4. The number of carbonyl (C=O) groups is 2. The van der Waals surface area contributed by atoms with Crippen LogP contribution in [0.25, 0.3) is 0 Å². The van der Waals surface area contributed by atoms with Gasteiger partial charge in [-0.05, 0) is 32.8 Å². The van der Waals surface area contributed by atoms with E-state index < -0.39 is 36.1 Å². The molecule has 9 nitrogen and oxygen atoms in total. The molecule has 0 radical (unpaired) electrons. The number of hydrogen-bond acceptors (Lipinski definition) is 8. The van der Waals surface area contributed by atoms with Crippen molar-refractivity contribution in [2.45, 2.75) is 33.1 Å². The van der Waals surface area contributed by atoms with Crippen LogP contribution in [0, 0.1) is 16.0 Å². The molecule has 0 N–H and O–H groups in total. The van der Waals surface area contributed by atoms with E-state index in [4.69, 9.17) is 13.8 Å². The molecule has 0 bridgehead atoms. The van der Waals surface area contributed by atoms with E-state index in [9.17, 15) is 24.3 Å². The summed E-state index contributed by atoms with van der Waals surface area (Å²) >= 11 is 0. The van der Waals surface area contributed by atoms with Crippen LogP contribution >= 0.6 is 7.60 Å². The Morgan fingerprint density at radius 2 is 1.72 bits per heavy atom. The van der Waals surface area contributed by atoms with Gasteiger partial charge in [0.25, 0.3) is 5.69 Å². The van der Waals surface area contributed by atoms with Gasteiger partial charge in [-0.2, -0.15) is 0 Å². The molecule has 1 aromatic rings. The quantitative estimate of drug-likeness (QED) is 0.191. The Hall–Kier alpha value is -2.35. The van der Waals surface area contributed by atoms with E-state index in [1.807, 2.05) is 0 Å². The maximum absolute atomic E-state index is 13.2. The van der Waals surface area contributed by atoms with Crippen molar-refractivity contribution in [3.8, 4) is 0 Å². The largest absolute Gasteiger partial charge is 0.465 e. The number of ether oxygens (including phenoxy) is 1. The Balaban J connectivity index is 2.48. The normalized spacial score (nSPS) is 19.6. The van der Waals surface area contributed by atoms with E-state index in [2.05, 4.69) is 0 Å². The van der Waals surface area contributed by atoms with Crippen LogP contribution in [0.2, 0.25) is 0 Å². The van der Waals surface area contributed by atoms with Crippen molar-refractivity contribution in [1.82, 2.24) is 0 Å². The van der Waals surface area contributed by atoms with Crippen LogP contribution in [-0.2, 0) is 27.9 Å². The Morgan fingerprint density at radius 1 is 1.14 bits per heavy atom. The van der Waals surface area contributed by atoms with E-state index in [-0.39, 0.29) is 37.2 Å². The number of nitrogens with zero attached hydrogens (tertiary/aromatic N) is 1. The first kappa shape index (κ1) is 22.9. The van der Waals surface area contributed by atoms with Gasteiger partial charge in [0.05, 0.1) is 24.7 Å². The van der Waals surface area contributed by atoms with Crippen molar-refractivity contribution in [3.63, 3.8) is 0 Å². The minimum absolute atomic E-state index is 0.0672. The van der Waals surface area contributed by atoms with Crippen LogP contribution in [0.15, 0.2) is 35.7 Å². The minimum Gasteiger partial charge on any atom is -0.465 e. The molecule has 158 valence electrons. The topological polar surface area (TPSA) is 122 Å². The van der Waals surface area contributed by atoms with E-state index in [1.165, 1.54) is 30.3 Å². The molecule has 0 saturated carbocycles. The van der Waals surface area contributed by atoms with Gasteiger partial charge in [0, 0.05) is 18.1 Å². The third-order valence-corrected chi connectivity index (χ3v) is 6.66. The first-order chi connectivity index (χ1) is 13.8. The summed E-state index contributed by atoms with van der Waals surface area (Å²) in [5, 5.41) is 10.7. The van der Waals surface area contributed by atoms with E-state index in [0.29, 0.717) is 5.56 Å². The highest BCUT2D eigenvalue weighted by Crippen LogP contribution is 2.59. The lowest BCUT2D eigenvalue weighted by atomic mass is 9.77.